The van der Waals surface area contributed by atoms with E-state index in [-0.39, 0.29) is 12.2 Å². The number of nitrogens with two attached hydrogens (primary N) is 1. The van der Waals surface area contributed by atoms with Gasteiger partial charge >= 0.3 is 0 Å². The number of aryl methyl sites for hydroxylation is 1. The third kappa shape index (κ3) is 3.06. The summed E-state index contributed by atoms with van der Waals surface area (Å²) in [5.41, 5.74) is 11.0. The molecular weight excluding hydrogens is 404 g/mol. The summed E-state index contributed by atoms with van der Waals surface area (Å²) in [6.07, 6.45) is 5.31. The van der Waals surface area contributed by atoms with Crippen molar-refractivity contribution in [2.24, 2.45) is 10.7 Å². The van der Waals surface area contributed by atoms with Gasteiger partial charge in [0.15, 0.2) is 6.17 Å². The summed E-state index contributed by atoms with van der Waals surface area (Å²) in [6, 6.07) is 2.06. The molecule has 5 heterocycles. The van der Waals surface area contributed by atoms with Crippen LogP contribution in [-0.2, 0) is 4.74 Å². The van der Waals surface area contributed by atoms with Gasteiger partial charge in [-0.15, -0.1) is 11.3 Å². The zero-order chi connectivity index (χ0) is 20.8. The second-order valence-electron chi connectivity index (χ2n) is 7.35. The Bertz CT molecular complexity index is 1070. The minimum atomic E-state index is -0.535. The van der Waals surface area contributed by atoms with Crippen LogP contribution >= 0.6 is 11.3 Å². The molecule has 2 unspecified atom stereocenters. The van der Waals surface area contributed by atoms with E-state index >= 15 is 0 Å². The monoisotopic (exact) mass is 426 g/mol. The number of carbonyl (C=O) groups is 1. The number of aliphatic imine (C=N–C) groups is 1. The highest BCUT2D eigenvalue weighted by molar-refractivity contribution is 7.13. The maximum Gasteiger partial charge on any atom is 0.268 e. The zero-order valence-electron chi connectivity index (χ0n) is 16.6. The summed E-state index contributed by atoms with van der Waals surface area (Å²) in [5.74, 6) is 1.10. The quantitative estimate of drug-likeness (QED) is 0.669. The molecule has 5 rings (SSSR count). The number of dihydropyridines is 1. The van der Waals surface area contributed by atoms with Crippen LogP contribution in [-0.4, -0.2) is 63.8 Å². The minimum Gasteiger partial charge on any atom is -0.377 e. The van der Waals surface area contributed by atoms with Crippen molar-refractivity contribution in [2.45, 2.75) is 26.1 Å². The number of H-pyrrole nitrogens is 1. The fraction of sp³-hybridized carbons (Fsp3) is 0.368. The average molecular weight is 427 g/mol. The van der Waals surface area contributed by atoms with Crippen LogP contribution < -0.4 is 16.2 Å². The van der Waals surface area contributed by atoms with Crippen molar-refractivity contribution in [3.8, 4) is 0 Å². The number of primary amides is 1. The number of hydrogen-bond acceptors (Lipinski definition) is 9. The summed E-state index contributed by atoms with van der Waals surface area (Å²) in [6.45, 7) is 6.03. The van der Waals surface area contributed by atoms with Gasteiger partial charge in [0.1, 0.15) is 17.3 Å². The fourth-order valence-corrected chi connectivity index (χ4v) is 4.89. The largest absolute Gasteiger partial charge is 0.377 e. The van der Waals surface area contributed by atoms with Crippen molar-refractivity contribution >= 4 is 34.5 Å². The number of hydrogen-bond donors (Lipinski definition) is 3. The molecule has 1 fully saturated rings. The topological polar surface area (TPSA) is 125 Å². The van der Waals surface area contributed by atoms with Crippen molar-refractivity contribution in [1.29, 1.82) is 0 Å². The van der Waals surface area contributed by atoms with E-state index < -0.39 is 5.91 Å². The number of carbonyl (C=O) groups excluding carboxylic acids is 1. The van der Waals surface area contributed by atoms with Gasteiger partial charge in [-0.3, -0.25) is 9.89 Å². The number of hydrazine groups is 1. The highest BCUT2D eigenvalue weighted by Gasteiger charge is 2.37. The van der Waals surface area contributed by atoms with E-state index in [1.54, 1.807) is 6.20 Å². The van der Waals surface area contributed by atoms with Gasteiger partial charge in [0, 0.05) is 30.0 Å². The second-order valence-corrected chi connectivity index (χ2v) is 8.56. The van der Waals surface area contributed by atoms with Gasteiger partial charge in [0.05, 0.1) is 35.3 Å². The Balaban J connectivity index is 1.62. The molecule has 30 heavy (non-hydrogen) atoms. The van der Waals surface area contributed by atoms with Gasteiger partial charge in [0.2, 0.25) is 0 Å². The third-order valence-corrected chi connectivity index (χ3v) is 6.34. The minimum absolute atomic E-state index is 0.189. The summed E-state index contributed by atoms with van der Waals surface area (Å²) >= 11 is 1.46. The summed E-state index contributed by atoms with van der Waals surface area (Å²) < 4.78 is 5.60. The van der Waals surface area contributed by atoms with E-state index in [1.165, 1.54) is 11.3 Å². The number of thiazole rings is 1. The molecule has 0 spiro atoms. The first-order chi connectivity index (χ1) is 14.5. The molecule has 156 valence electrons. The molecule has 10 nitrogen and oxygen atoms in total. The zero-order valence-corrected chi connectivity index (χ0v) is 17.4. The lowest BCUT2D eigenvalue weighted by molar-refractivity contribution is 0.0334. The number of fused-ring (bicyclic) bond motifs is 1. The van der Waals surface area contributed by atoms with Crippen LogP contribution in [0.2, 0.25) is 0 Å². The van der Waals surface area contributed by atoms with Crippen LogP contribution in [0.1, 0.15) is 27.3 Å². The molecule has 0 radical (unpaired) electrons. The Morgan fingerprint density at radius 1 is 1.43 bits per heavy atom. The Morgan fingerprint density at radius 3 is 3.03 bits per heavy atom. The summed E-state index contributed by atoms with van der Waals surface area (Å²) in [5, 5.41) is 9.74. The standard InChI is InChI=1S/C19H22N8O2S/c1-10-9-29-6-5-26(10)15-7-12(17-16(18(20)28)23-11(2)30-17)13-8-22-27(19(13)24-15)14-3-4-21-25-14/h3-4,7-8,10,19,22H,5-6,9H2,1-2H3,(H2,20,28)(H,21,25). The Morgan fingerprint density at radius 2 is 2.30 bits per heavy atom. The molecule has 11 heteroatoms. The fourth-order valence-electron chi connectivity index (χ4n) is 3.92. The van der Waals surface area contributed by atoms with Crippen LogP contribution in [0.25, 0.3) is 5.57 Å². The number of ether oxygens (including phenoxy) is 1. The summed E-state index contributed by atoms with van der Waals surface area (Å²) in [4.78, 5) is 24.5. The van der Waals surface area contributed by atoms with Crippen LogP contribution in [0.15, 0.2) is 35.1 Å². The first-order valence-corrected chi connectivity index (χ1v) is 10.5. The van der Waals surface area contributed by atoms with Gasteiger partial charge < -0.3 is 20.8 Å². The second kappa shape index (κ2) is 7.26. The van der Waals surface area contributed by atoms with E-state index in [1.807, 2.05) is 30.3 Å². The molecule has 0 aliphatic carbocycles. The number of rotatable bonds is 3. The van der Waals surface area contributed by atoms with E-state index in [4.69, 9.17) is 15.5 Å². The smallest absolute Gasteiger partial charge is 0.268 e. The van der Waals surface area contributed by atoms with Gasteiger partial charge in [-0.05, 0) is 19.9 Å². The number of morpholine rings is 1. The molecular formula is C19H22N8O2S. The van der Waals surface area contributed by atoms with E-state index in [0.29, 0.717) is 18.9 Å². The van der Waals surface area contributed by atoms with E-state index in [2.05, 4.69) is 32.4 Å². The molecule has 3 aliphatic rings. The van der Waals surface area contributed by atoms with Crippen LogP contribution in [0, 0.1) is 6.92 Å². The predicted molar refractivity (Wildman–Crippen MR) is 114 cm³/mol. The van der Waals surface area contributed by atoms with Crippen LogP contribution in [0.5, 0.6) is 0 Å². The molecule has 2 aromatic rings. The number of amidine groups is 1. The Labute approximate surface area is 177 Å². The molecule has 1 amide bonds. The van der Waals surface area contributed by atoms with Crippen molar-refractivity contribution in [1.82, 2.24) is 25.5 Å². The average Bonchev–Trinajstić information content (AvgIpc) is 3.46. The summed E-state index contributed by atoms with van der Waals surface area (Å²) in [7, 11) is 0. The lowest BCUT2D eigenvalue weighted by Crippen LogP contribution is -2.49. The number of aromatic amines is 1. The maximum absolute atomic E-state index is 12.1. The van der Waals surface area contributed by atoms with Gasteiger partial charge in [-0.25, -0.2) is 15.0 Å². The Kier molecular flexibility index (Phi) is 4.55. The first-order valence-electron chi connectivity index (χ1n) is 9.69. The molecule has 1 saturated heterocycles. The third-order valence-electron chi connectivity index (χ3n) is 5.34. The number of aromatic nitrogens is 3. The van der Waals surface area contributed by atoms with Crippen LogP contribution in [0.3, 0.4) is 0 Å². The SMILES string of the molecule is Cc1nc(C(N)=O)c(C2=CC(N3CCOCC3C)=NC3C2=CNN3c2ccn[nH]2)s1. The molecule has 2 atom stereocenters. The van der Waals surface area contributed by atoms with Crippen molar-refractivity contribution in [3.05, 3.63) is 45.7 Å². The highest BCUT2D eigenvalue weighted by atomic mass is 32.1. The van der Waals surface area contributed by atoms with Gasteiger partial charge in [0.25, 0.3) is 5.91 Å². The number of nitrogens with zero attached hydrogens (tertiary/aromatic N) is 5. The number of nitrogens with one attached hydrogen (secondary N) is 2. The van der Waals surface area contributed by atoms with Crippen LogP contribution in [0.4, 0.5) is 5.82 Å². The predicted octanol–water partition coefficient (Wildman–Crippen LogP) is 1.02. The Hall–Kier alpha value is -3.18. The van der Waals surface area contributed by atoms with Crippen molar-refractivity contribution in [2.75, 3.05) is 24.8 Å². The highest BCUT2D eigenvalue weighted by Crippen LogP contribution is 2.39. The molecule has 2 aromatic heterocycles. The van der Waals surface area contributed by atoms with E-state index in [0.717, 1.165) is 39.2 Å². The lowest BCUT2D eigenvalue weighted by atomic mass is 9.98. The molecule has 0 saturated carbocycles. The maximum atomic E-state index is 12.1. The molecule has 3 aliphatic heterocycles. The molecule has 0 aromatic carbocycles. The van der Waals surface area contributed by atoms with Gasteiger partial charge in [-0.2, -0.15) is 5.10 Å². The van der Waals surface area contributed by atoms with Crippen molar-refractivity contribution in [3.63, 3.8) is 0 Å². The normalized spacial score (nSPS) is 23.5. The van der Waals surface area contributed by atoms with E-state index in [9.17, 15) is 4.79 Å². The lowest BCUT2D eigenvalue weighted by Gasteiger charge is -2.37. The first kappa shape index (κ1) is 18.8. The van der Waals surface area contributed by atoms with Gasteiger partial charge in [-0.1, -0.05) is 0 Å². The number of anilines is 1. The van der Waals surface area contributed by atoms with Crippen molar-refractivity contribution < 1.29 is 9.53 Å². The number of amides is 1. The molecule has 4 N–H and O–H groups in total. The molecule has 0 bridgehead atoms.